The van der Waals surface area contributed by atoms with Gasteiger partial charge in [0.15, 0.2) is 0 Å². The minimum atomic E-state index is -3.83. The lowest BCUT2D eigenvalue weighted by molar-refractivity contribution is -0.141. The topological polar surface area (TPSA) is 86.8 Å². The van der Waals surface area contributed by atoms with Crippen molar-refractivity contribution in [2.75, 3.05) is 17.1 Å². The molecule has 7 nitrogen and oxygen atoms in total. The first-order valence-electron chi connectivity index (χ1n) is 14.8. The zero-order valence-electron chi connectivity index (χ0n) is 24.7. The van der Waals surface area contributed by atoms with E-state index in [1.54, 1.807) is 24.3 Å². The van der Waals surface area contributed by atoms with Crippen LogP contribution in [0.5, 0.6) is 0 Å². The molecule has 1 aliphatic rings. The molecule has 1 fully saturated rings. The van der Waals surface area contributed by atoms with Crippen LogP contribution in [-0.4, -0.2) is 50.0 Å². The molecule has 11 heteroatoms. The van der Waals surface area contributed by atoms with Gasteiger partial charge in [0.25, 0.3) is 0 Å². The highest BCUT2D eigenvalue weighted by atomic mass is 35.5. The number of sulfonamides is 1. The molecule has 1 atom stereocenters. The number of hydrogen-bond acceptors (Lipinski definition) is 4. The highest BCUT2D eigenvalue weighted by Gasteiger charge is 2.32. The fraction of sp³-hybridized carbons (Fsp3) is 0.394. The van der Waals surface area contributed by atoms with Crippen molar-refractivity contribution < 1.29 is 22.4 Å². The molecular formula is C33H38Cl2FN3O4S. The van der Waals surface area contributed by atoms with Crippen molar-refractivity contribution in [3.63, 3.8) is 0 Å². The van der Waals surface area contributed by atoms with E-state index in [1.807, 2.05) is 30.3 Å². The van der Waals surface area contributed by atoms with Gasteiger partial charge in [-0.15, -0.1) is 0 Å². The lowest BCUT2D eigenvalue weighted by Crippen LogP contribution is -2.53. The first-order valence-corrected chi connectivity index (χ1v) is 17.4. The summed E-state index contributed by atoms with van der Waals surface area (Å²) in [6, 6.07) is 19.3. The number of rotatable bonds is 13. The Morgan fingerprint density at radius 3 is 2.32 bits per heavy atom. The molecular weight excluding hydrogens is 624 g/mol. The molecule has 1 saturated carbocycles. The van der Waals surface area contributed by atoms with Crippen molar-refractivity contribution >= 4 is 50.7 Å². The van der Waals surface area contributed by atoms with Gasteiger partial charge in [0.05, 0.1) is 11.9 Å². The molecule has 236 valence electrons. The normalized spacial score (nSPS) is 14.5. The predicted molar refractivity (Wildman–Crippen MR) is 174 cm³/mol. The minimum Gasteiger partial charge on any atom is -0.352 e. The van der Waals surface area contributed by atoms with E-state index in [0.29, 0.717) is 15.6 Å². The Morgan fingerprint density at radius 1 is 0.977 bits per heavy atom. The minimum absolute atomic E-state index is 0.0367. The van der Waals surface area contributed by atoms with Crippen LogP contribution in [0.3, 0.4) is 0 Å². The molecule has 0 heterocycles. The molecule has 0 unspecified atom stereocenters. The van der Waals surface area contributed by atoms with Gasteiger partial charge < -0.3 is 10.2 Å². The Balaban J connectivity index is 1.62. The van der Waals surface area contributed by atoms with E-state index in [0.717, 1.165) is 48.2 Å². The van der Waals surface area contributed by atoms with Gasteiger partial charge in [-0.05, 0) is 54.7 Å². The molecule has 0 aliphatic heterocycles. The molecule has 1 N–H and O–H groups in total. The van der Waals surface area contributed by atoms with E-state index in [-0.39, 0.29) is 55.9 Å². The monoisotopic (exact) mass is 661 g/mol. The molecule has 1 aliphatic carbocycles. The highest BCUT2D eigenvalue weighted by molar-refractivity contribution is 7.92. The Labute approximate surface area is 269 Å². The van der Waals surface area contributed by atoms with Crippen molar-refractivity contribution in [2.45, 2.75) is 70.0 Å². The average Bonchev–Trinajstić information content (AvgIpc) is 2.99. The van der Waals surface area contributed by atoms with Gasteiger partial charge >= 0.3 is 0 Å². The van der Waals surface area contributed by atoms with Gasteiger partial charge in [0.1, 0.15) is 11.9 Å². The van der Waals surface area contributed by atoms with Crippen molar-refractivity contribution in [1.82, 2.24) is 10.2 Å². The van der Waals surface area contributed by atoms with E-state index < -0.39 is 21.9 Å². The summed E-state index contributed by atoms with van der Waals surface area (Å²) in [6.45, 7) is -0.0633. The summed E-state index contributed by atoms with van der Waals surface area (Å²) in [5.74, 6) is -1.27. The number of hydrogen-bond donors (Lipinski definition) is 1. The maximum atomic E-state index is 14.5. The molecule has 4 rings (SSSR count). The first-order chi connectivity index (χ1) is 21.0. The summed E-state index contributed by atoms with van der Waals surface area (Å²) in [6.07, 6.45) is 6.29. The van der Waals surface area contributed by atoms with Crippen LogP contribution in [0.1, 0.15) is 56.1 Å². The summed E-state index contributed by atoms with van der Waals surface area (Å²) >= 11 is 12.7. The average molecular weight is 663 g/mol. The second-order valence-electron chi connectivity index (χ2n) is 11.2. The third-order valence-corrected chi connectivity index (χ3v) is 9.62. The van der Waals surface area contributed by atoms with Gasteiger partial charge in [-0.3, -0.25) is 13.9 Å². The molecule has 3 aromatic carbocycles. The van der Waals surface area contributed by atoms with Gasteiger partial charge in [0.2, 0.25) is 21.8 Å². The van der Waals surface area contributed by atoms with E-state index in [4.69, 9.17) is 23.2 Å². The number of nitrogens with one attached hydrogen (secondary N) is 1. The molecule has 44 heavy (non-hydrogen) atoms. The first kappa shape index (κ1) is 33.7. The molecule has 2 amide bonds. The Morgan fingerprint density at radius 2 is 1.66 bits per heavy atom. The summed E-state index contributed by atoms with van der Waals surface area (Å²) in [5, 5.41) is 4.00. The van der Waals surface area contributed by atoms with Gasteiger partial charge in [0, 0.05) is 42.0 Å². The Hall–Kier alpha value is -3.14. The quantitative estimate of drug-likeness (QED) is 0.219. The van der Waals surface area contributed by atoms with Crippen LogP contribution in [0.25, 0.3) is 0 Å². The van der Waals surface area contributed by atoms with E-state index in [9.17, 15) is 22.4 Å². The largest absolute Gasteiger partial charge is 0.352 e. The third-order valence-electron chi connectivity index (χ3n) is 7.85. The molecule has 0 bridgehead atoms. The second kappa shape index (κ2) is 15.7. The van der Waals surface area contributed by atoms with Gasteiger partial charge in [-0.25, -0.2) is 12.8 Å². The van der Waals surface area contributed by atoms with Crippen molar-refractivity contribution in [1.29, 1.82) is 0 Å². The van der Waals surface area contributed by atoms with E-state index >= 15 is 0 Å². The number of halogens is 3. The van der Waals surface area contributed by atoms with Crippen LogP contribution in [-0.2, 0) is 32.6 Å². The zero-order chi connectivity index (χ0) is 31.7. The highest BCUT2D eigenvalue weighted by Crippen LogP contribution is 2.26. The van der Waals surface area contributed by atoms with Gasteiger partial charge in [-0.2, -0.15) is 0 Å². The fourth-order valence-corrected chi connectivity index (χ4v) is 7.00. The lowest BCUT2D eigenvalue weighted by atomic mass is 9.94. The molecule has 0 aromatic heterocycles. The number of amides is 2. The zero-order valence-corrected chi connectivity index (χ0v) is 27.1. The molecule has 3 aromatic rings. The van der Waals surface area contributed by atoms with Crippen LogP contribution in [0.4, 0.5) is 10.1 Å². The standard InChI is InChI=1S/C33H38Cl2FN3O4S/c1-44(42,43)39(30-16-9-8-15-29(30)36)20-10-17-32(40)38(23-25-18-19-26(34)22-28(25)35)31(21-24-11-4-2-5-12-24)33(41)37-27-13-6-3-7-14-27/h2,4-5,8-9,11-12,15-16,18-19,22,27,31H,3,6-7,10,13-14,17,20-21,23H2,1H3,(H,37,41)/t31-/m0/s1. The lowest BCUT2D eigenvalue weighted by Gasteiger charge is -2.34. The van der Waals surface area contributed by atoms with Crippen molar-refractivity contribution in [3.8, 4) is 0 Å². The smallest absolute Gasteiger partial charge is 0.243 e. The summed E-state index contributed by atoms with van der Waals surface area (Å²) in [5.41, 5.74) is 1.43. The number of carbonyl (C=O) groups is 2. The summed E-state index contributed by atoms with van der Waals surface area (Å²) in [7, 11) is -3.83. The van der Waals surface area contributed by atoms with Crippen molar-refractivity contribution in [3.05, 3.63) is 99.8 Å². The number of para-hydroxylation sites is 1. The van der Waals surface area contributed by atoms with Crippen LogP contribution in [0, 0.1) is 5.82 Å². The number of benzene rings is 3. The summed E-state index contributed by atoms with van der Waals surface area (Å²) < 4.78 is 40.7. The van der Waals surface area contributed by atoms with Crippen LogP contribution in [0.2, 0.25) is 10.0 Å². The van der Waals surface area contributed by atoms with Gasteiger partial charge in [-0.1, -0.05) is 91.0 Å². The van der Waals surface area contributed by atoms with Crippen LogP contribution >= 0.6 is 23.2 Å². The Bertz CT molecular complexity index is 1530. The van der Waals surface area contributed by atoms with Crippen LogP contribution in [0.15, 0.2) is 72.8 Å². The molecule has 0 radical (unpaired) electrons. The molecule has 0 spiro atoms. The third kappa shape index (κ3) is 9.43. The number of carbonyl (C=O) groups excluding carboxylic acids is 2. The second-order valence-corrected chi connectivity index (χ2v) is 13.9. The number of nitrogens with zero attached hydrogens (tertiary/aromatic N) is 2. The summed E-state index contributed by atoms with van der Waals surface area (Å²) in [4.78, 5) is 29.5. The predicted octanol–water partition coefficient (Wildman–Crippen LogP) is 6.77. The maximum absolute atomic E-state index is 14.5. The molecule has 0 saturated heterocycles. The SMILES string of the molecule is CS(=O)(=O)N(CCCC(=O)N(Cc1ccc(Cl)cc1Cl)[C@@H](Cc1ccccc1)C(=O)NC1CCCCC1)c1ccccc1F. The van der Waals surface area contributed by atoms with E-state index in [1.165, 1.54) is 23.1 Å². The fourth-order valence-electron chi connectivity index (χ4n) is 5.57. The Kier molecular flexibility index (Phi) is 12.1. The number of anilines is 1. The van der Waals surface area contributed by atoms with Crippen molar-refractivity contribution in [2.24, 2.45) is 0 Å². The van der Waals surface area contributed by atoms with Crippen LogP contribution < -0.4 is 9.62 Å². The van der Waals surface area contributed by atoms with E-state index in [2.05, 4.69) is 5.32 Å². The maximum Gasteiger partial charge on any atom is 0.243 e.